The predicted molar refractivity (Wildman–Crippen MR) is 73.4 cm³/mol. The van der Waals surface area contributed by atoms with Crippen molar-refractivity contribution >= 4 is 11.6 Å². The van der Waals surface area contributed by atoms with Gasteiger partial charge in [0, 0.05) is 7.05 Å². The van der Waals surface area contributed by atoms with Gasteiger partial charge in [-0.2, -0.15) is 0 Å². The molecule has 1 aromatic carbocycles. The number of nitrogens with zero attached hydrogens (tertiary/aromatic N) is 2. The van der Waals surface area contributed by atoms with Crippen LogP contribution in [0.4, 0.5) is 5.69 Å². The largest absolute Gasteiger partial charge is 0.322 e. The molecule has 0 bridgehead atoms. The van der Waals surface area contributed by atoms with Gasteiger partial charge in [0.05, 0.1) is 17.9 Å². The maximum absolute atomic E-state index is 12.3. The van der Waals surface area contributed by atoms with E-state index in [1.54, 1.807) is 18.7 Å². The second kappa shape index (κ2) is 5.11. The summed E-state index contributed by atoms with van der Waals surface area (Å²) in [6.45, 7) is 1.62. The molecule has 0 atom stereocenters. The van der Waals surface area contributed by atoms with Crippen molar-refractivity contribution in [2.24, 2.45) is 12.8 Å². The van der Waals surface area contributed by atoms with E-state index in [9.17, 15) is 9.59 Å². The van der Waals surface area contributed by atoms with Gasteiger partial charge in [0.25, 0.3) is 5.56 Å². The number of rotatable bonds is 3. The van der Waals surface area contributed by atoms with Gasteiger partial charge in [-0.3, -0.25) is 14.3 Å². The molecule has 1 heterocycles. The van der Waals surface area contributed by atoms with Gasteiger partial charge in [0.2, 0.25) is 5.91 Å². The summed E-state index contributed by atoms with van der Waals surface area (Å²) >= 11 is 0. The zero-order valence-corrected chi connectivity index (χ0v) is 10.9. The first-order valence-corrected chi connectivity index (χ1v) is 5.90. The Labute approximate surface area is 110 Å². The molecular formula is C13H16N4O2. The highest BCUT2D eigenvalue weighted by molar-refractivity contribution is 5.92. The Bertz CT molecular complexity index is 655. The fourth-order valence-electron chi connectivity index (χ4n) is 1.90. The summed E-state index contributed by atoms with van der Waals surface area (Å²) < 4.78 is 3.20. The smallest absolute Gasteiger partial charge is 0.295 e. The summed E-state index contributed by atoms with van der Waals surface area (Å²) in [5, 5.41) is 2.54. The van der Waals surface area contributed by atoms with Crippen molar-refractivity contribution in [3.05, 3.63) is 46.4 Å². The SMILES string of the molecule is Cc1c(NC(=O)CN)c(=O)n(-c2ccccc2)n1C. The number of hydrogen-bond acceptors (Lipinski definition) is 3. The molecule has 6 heteroatoms. The molecule has 0 aliphatic rings. The van der Waals surface area contributed by atoms with Crippen LogP contribution in [-0.4, -0.2) is 21.8 Å². The van der Waals surface area contributed by atoms with E-state index in [1.807, 2.05) is 30.3 Å². The van der Waals surface area contributed by atoms with Gasteiger partial charge in [-0.25, -0.2) is 4.68 Å². The highest BCUT2D eigenvalue weighted by Gasteiger charge is 2.17. The van der Waals surface area contributed by atoms with Gasteiger partial charge in [-0.05, 0) is 19.1 Å². The molecule has 19 heavy (non-hydrogen) atoms. The van der Waals surface area contributed by atoms with Crippen LogP contribution in [0.5, 0.6) is 0 Å². The van der Waals surface area contributed by atoms with Crippen LogP contribution in [0.25, 0.3) is 5.69 Å². The second-order valence-electron chi connectivity index (χ2n) is 4.19. The summed E-state index contributed by atoms with van der Waals surface area (Å²) in [6, 6.07) is 9.23. The van der Waals surface area contributed by atoms with Crippen LogP contribution < -0.4 is 16.6 Å². The Hall–Kier alpha value is -2.34. The van der Waals surface area contributed by atoms with Crippen LogP contribution in [0.3, 0.4) is 0 Å². The van der Waals surface area contributed by atoms with Crippen molar-refractivity contribution in [2.75, 3.05) is 11.9 Å². The topological polar surface area (TPSA) is 82.1 Å². The lowest BCUT2D eigenvalue weighted by Crippen LogP contribution is -2.26. The molecule has 0 spiro atoms. The molecule has 0 aliphatic heterocycles. The van der Waals surface area contributed by atoms with Crippen LogP contribution in [0.2, 0.25) is 0 Å². The summed E-state index contributed by atoms with van der Waals surface area (Å²) in [5.41, 5.74) is 6.66. The number of carbonyl (C=O) groups excluding carboxylic acids is 1. The third-order valence-electron chi connectivity index (χ3n) is 3.00. The molecule has 100 valence electrons. The van der Waals surface area contributed by atoms with Crippen molar-refractivity contribution in [1.29, 1.82) is 0 Å². The molecule has 3 N–H and O–H groups in total. The number of amides is 1. The van der Waals surface area contributed by atoms with E-state index in [-0.39, 0.29) is 23.7 Å². The van der Waals surface area contributed by atoms with Gasteiger partial charge >= 0.3 is 0 Å². The minimum Gasteiger partial charge on any atom is -0.322 e. The van der Waals surface area contributed by atoms with Crippen molar-refractivity contribution < 1.29 is 4.79 Å². The second-order valence-corrected chi connectivity index (χ2v) is 4.19. The summed E-state index contributed by atoms with van der Waals surface area (Å²) in [5.74, 6) is -0.383. The summed E-state index contributed by atoms with van der Waals surface area (Å²) in [6.07, 6.45) is 0. The van der Waals surface area contributed by atoms with Crippen LogP contribution in [0.15, 0.2) is 35.1 Å². The molecule has 0 fully saturated rings. The predicted octanol–water partition coefficient (Wildman–Crippen LogP) is 0.382. The number of nitrogens with two attached hydrogens (primary N) is 1. The number of nitrogens with one attached hydrogen (secondary N) is 1. The van der Waals surface area contributed by atoms with Crippen molar-refractivity contribution in [1.82, 2.24) is 9.36 Å². The Morgan fingerprint density at radius 1 is 1.32 bits per heavy atom. The Morgan fingerprint density at radius 3 is 2.53 bits per heavy atom. The normalized spacial score (nSPS) is 10.5. The monoisotopic (exact) mass is 260 g/mol. The van der Waals surface area contributed by atoms with Crippen LogP contribution in [0, 0.1) is 6.92 Å². The van der Waals surface area contributed by atoms with E-state index in [4.69, 9.17) is 5.73 Å². The molecule has 2 aromatic rings. The summed E-state index contributed by atoms with van der Waals surface area (Å²) in [7, 11) is 1.77. The van der Waals surface area contributed by atoms with Crippen molar-refractivity contribution in [2.45, 2.75) is 6.92 Å². The van der Waals surface area contributed by atoms with Crippen LogP contribution in [-0.2, 0) is 11.8 Å². The van der Waals surface area contributed by atoms with E-state index in [2.05, 4.69) is 5.32 Å². The zero-order valence-electron chi connectivity index (χ0n) is 10.9. The van der Waals surface area contributed by atoms with E-state index in [0.717, 1.165) is 5.69 Å². The number of carbonyl (C=O) groups is 1. The standard InChI is InChI=1S/C13H16N4O2/c1-9-12(15-11(18)8-14)13(19)17(16(9)2)10-6-4-3-5-7-10/h3-7H,8,14H2,1-2H3,(H,15,18). The minimum absolute atomic E-state index is 0.154. The molecular weight excluding hydrogens is 244 g/mol. The third-order valence-corrected chi connectivity index (χ3v) is 3.00. The average Bonchev–Trinajstić information content (AvgIpc) is 2.63. The Balaban J connectivity index is 2.56. The first-order valence-electron chi connectivity index (χ1n) is 5.90. The molecule has 0 radical (unpaired) electrons. The molecule has 1 aromatic heterocycles. The number of para-hydroxylation sites is 1. The first kappa shape index (κ1) is 13.1. The number of aromatic nitrogens is 2. The quantitative estimate of drug-likeness (QED) is 0.837. The Kier molecular flexibility index (Phi) is 3.52. The van der Waals surface area contributed by atoms with Gasteiger partial charge in [0.1, 0.15) is 5.69 Å². The number of hydrogen-bond donors (Lipinski definition) is 2. The molecule has 1 amide bonds. The van der Waals surface area contributed by atoms with E-state index in [0.29, 0.717) is 5.69 Å². The molecule has 0 saturated carbocycles. The molecule has 0 aliphatic carbocycles. The number of anilines is 1. The highest BCUT2D eigenvalue weighted by atomic mass is 16.2. The van der Waals surface area contributed by atoms with Crippen molar-refractivity contribution in [3.8, 4) is 5.69 Å². The van der Waals surface area contributed by atoms with Gasteiger partial charge in [0.15, 0.2) is 0 Å². The minimum atomic E-state index is -0.383. The fraction of sp³-hybridized carbons (Fsp3) is 0.231. The molecule has 2 rings (SSSR count). The highest BCUT2D eigenvalue weighted by Crippen LogP contribution is 2.13. The van der Waals surface area contributed by atoms with E-state index < -0.39 is 0 Å². The number of benzene rings is 1. The third kappa shape index (κ3) is 2.30. The van der Waals surface area contributed by atoms with E-state index >= 15 is 0 Å². The molecule has 0 unspecified atom stereocenters. The Morgan fingerprint density at radius 2 is 1.95 bits per heavy atom. The van der Waals surface area contributed by atoms with Crippen LogP contribution in [0.1, 0.15) is 5.69 Å². The maximum atomic E-state index is 12.3. The van der Waals surface area contributed by atoms with Gasteiger partial charge in [-0.15, -0.1) is 0 Å². The zero-order chi connectivity index (χ0) is 14.0. The van der Waals surface area contributed by atoms with Crippen molar-refractivity contribution in [3.63, 3.8) is 0 Å². The molecule has 0 saturated heterocycles. The van der Waals surface area contributed by atoms with E-state index in [1.165, 1.54) is 4.68 Å². The fourth-order valence-corrected chi connectivity index (χ4v) is 1.90. The maximum Gasteiger partial charge on any atom is 0.295 e. The van der Waals surface area contributed by atoms with Gasteiger partial charge in [-0.1, -0.05) is 18.2 Å². The lowest BCUT2D eigenvalue weighted by atomic mass is 10.3. The first-order chi connectivity index (χ1) is 9.06. The lowest BCUT2D eigenvalue weighted by Gasteiger charge is -2.07. The lowest BCUT2D eigenvalue weighted by molar-refractivity contribution is -0.114. The van der Waals surface area contributed by atoms with Gasteiger partial charge < -0.3 is 11.1 Å². The average molecular weight is 260 g/mol. The molecule has 6 nitrogen and oxygen atoms in total. The summed E-state index contributed by atoms with van der Waals surface area (Å²) in [4.78, 5) is 23.7. The van der Waals surface area contributed by atoms with Crippen LogP contribution >= 0.6 is 0 Å².